The van der Waals surface area contributed by atoms with Crippen LogP contribution in [0.3, 0.4) is 0 Å². The fourth-order valence-electron chi connectivity index (χ4n) is 1.35. The first kappa shape index (κ1) is 12.3. The standard InChI is InChI=1S/C10H10ClFN6/c11-5-2-1-3-6(12)9(5)15-7-4-8(18-14)17-10(13)16-7/h1-4H,14H2,(H4,13,15,16,17,18). The maximum Gasteiger partial charge on any atom is 0.223 e. The molecule has 8 heteroatoms. The maximum absolute atomic E-state index is 13.6. The van der Waals surface area contributed by atoms with E-state index in [2.05, 4.69) is 20.7 Å². The third-order valence-corrected chi connectivity index (χ3v) is 2.42. The second-order valence-corrected chi connectivity index (χ2v) is 3.77. The third-order valence-electron chi connectivity index (χ3n) is 2.11. The van der Waals surface area contributed by atoms with Crippen molar-refractivity contribution in [1.82, 2.24) is 9.97 Å². The fourth-order valence-corrected chi connectivity index (χ4v) is 1.56. The lowest BCUT2D eigenvalue weighted by molar-refractivity contribution is 0.632. The molecule has 0 amide bonds. The highest BCUT2D eigenvalue weighted by Gasteiger charge is 2.09. The number of benzene rings is 1. The van der Waals surface area contributed by atoms with Gasteiger partial charge in [-0.05, 0) is 12.1 Å². The number of nitrogen functional groups attached to an aromatic ring is 2. The molecule has 2 rings (SSSR count). The number of rotatable bonds is 3. The monoisotopic (exact) mass is 268 g/mol. The van der Waals surface area contributed by atoms with Gasteiger partial charge >= 0.3 is 0 Å². The van der Waals surface area contributed by atoms with Gasteiger partial charge in [-0.2, -0.15) is 9.97 Å². The van der Waals surface area contributed by atoms with Crippen LogP contribution < -0.4 is 22.3 Å². The molecule has 1 aromatic heterocycles. The zero-order valence-electron chi connectivity index (χ0n) is 9.11. The number of anilines is 4. The van der Waals surface area contributed by atoms with Gasteiger partial charge in [-0.15, -0.1) is 0 Å². The summed E-state index contributed by atoms with van der Waals surface area (Å²) in [7, 11) is 0. The van der Waals surface area contributed by atoms with Crippen molar-refractivity contribution in [1.29, 1.82) is 0 Å². The van der Waals surface area contributed by atoms with Crippen molar-refractivity contribution in [3.05, 3.63) is 35.1 Å². The predicted octanol–water partition coefficient (Wildman–Crippen LogP) is 1.88. The van der Waals surface area contributed by atoms with Crippen molar-refractivity contribution in [3.8, 4) is 0 Å². The lowest BCUT2D eigenvalue weighted by atomic mass is 10.3. The molecular weight excluding hydrogens is 259 g/mol. The topological polar surface area (TPSA) is 102 Å². The fraction of sp³-hybridized carbons (Fsp3) is 0. The summed E-state index contributed by atoms with van der Waals surface area (Å²) in [6, 6.07) is 5.81. The van der Waals surface area contributed by atoms with Gasteiger partial charge in [-0.25, -0.2) is 10.2 Å². The minimum atomic E-state index is -0.498. The highest BCUT2D eigenvalue weighted by molar-refractivity contribution is 6.33. The number of nitrogens with two attached hydrogens (primary N) is 2. The Morgan fingerprint density at radius 3 is 2.61 bits per heavy atom. The van der Waals surface area contributed by atoms with Crippen LogP contribution in [0, 0.1) is 5.82 Å². The highest BCUT2D eigenvalue weighted by Crippen LogP contribution is 2.28. The Bertz CT molecular complexity index is 556. The van der Waals surface area contributed by atoms with E-state index >= 15 is 0 Å². The van der Waals surface area contributed by atoms with E-state index in [1.54, 1.807) is 6.07 Å². The van der Waals surface area contributed by atoms with Crippen LogP contribution in [0.4, 0.5) is 27.7 Å². The molecule has 0 saturated heterocycles. The number of hydrogen-bond acceptors (Lipinski definition) is 6. The molecule has 6 N–H and O–H groups in total. The first-order chi connectivity index (χ1) is 8.60. The summed E-state index contributed by atoms with van der Waals surface area (Å²) < 4.78 is 13.6. The van der Waals surface area contributed by atoms with Gasteiger partial charge in [0.25, 0.3) is 0 Å². The van der Waals surface area contributed by atoms with Crippen LogP contribution in [-0.2, 0) is 0 Å². The third kappa shape index (κ3) is 2.58. The van der Waals surface area contributed by atoms with Crippen LogP contribution in [-0.4, -0.2) is 9.97 Å². The molecule has 0 bridgehead atoms. The molecule has 18 heavy (non-hydrogen) atoms. The molecule has 94 valence electrons. The molecule has 0 spiro atoms. The normalized spacial score (nSPS) is 10.2. The highest BCUT2D eigenvalue weighted by atomic mass is 35.5. The van der Waals surface area contributed by atoms with E-state index in [1.165, 1.54) is 18.2 Å². The molecule has 6 nitrogen and oxygen atoms in total. The van der Waals surface area contributed by atoms with Crippen molar-refractivity contribution in [2.75, 3.05) is 16.5 Å². The van der Waals surface area contributed by atoms with Crippen LogP contribution in [0.1, 0.15) is 0 Å². The first-order valence-corrected chi connectivity index (χ1v) is 5.30. The number of halogens is 2. The van der Waals surface area contributed by atoms with Crippen molar-refractivity contribution < 1.29 is 4.39 Å². The van der Waals surface area contributed by atoms with E-state index in [0.717, 1.165) is 0 Å². The maximum atomic E-state index is 13.6. The Morgan fingerprint density at radius 1 is 1.22 bits per heavy atom. The number of hydrogen-bond donors (Lipinski definition) is 4. The van der Waals surface area contributed by atoms with Gasteiger partial charge < -0.3 is 16.5 Å². The minimum absolute atomic E-state index is 0.000381. The van der Waals surface area contributed by atoms with Crippen molar-refractivity contribution >= 4 is 34.9 Å². The summed E-state index contributed by atoms with van der Waals surface area (Å²) in [5.41, 5.74) is 7.92. The van der Waals surface area contributed by atoms with Gasteiger partial charge in [0.1, 0.15) is 17.5 Å². The number of nitrogens with one attached hydrogen (secondary N) is 2. The zero-order valence-corrected chi connectivity index (χ0v) is 9.87. The van der Waals surface area contributed by atoms with E-state index in [-0.39, 0.29) is 22.5 Å². The van der Waals surface area contributed by atoms with Crippen LogP contribution >= 0.6 is 11.6 Å². The lowest BCUT2D eigenvalue weighted by Gasteiger charge is -2.10. The van der Waals surface area contributed by atoms with Gasteiger partial charge in [-0.1, -0.05) is 17.7 Å². The Hall–Kier alpha value is -2.12. The van der Waals surface area contributed by atoms with Crippen molar-refractivity contribution in [2.45, 2.75) is 0 Å². The quantitative estimate of drug-likeness (QED) is 0.501. The second-order valence-electron chi connectivity index (χ2n) is 3.36. The molecule has 2 aromatic rings. The van der Waals surface area contributed by atoms with Crippen LogP contribution in [0.25, 0.3) is 0 Å². The van der Waals surface area contributed by atoms with E-state index in [0.29, 0.717) is 5.82 Å². The molecule has 0 aliphatic heterocycles. The van der Waals surface area contributed by atoms with Gasteiger partial charge in [0.05, 0.1) is 10.7 Å². The predicted molar refractivity (Wildman–Crippen MR) is 68.9 cm³/mol. The molecule has 0 atom stereocenters. The van der Waals surface area contributed by atoms with Gasteiger partial charge in [0.15, 0.2) is 0 Å². The second kappa shape index (κ2) is 5.03. The van der Waals surface area contributed by atoms with Gasteiger partial charge in [-0.3, -0.25) is 0 Å². The molecule has 1 aromatic carbocycles. The Balaban J connectivity index is 2.37. The Morgan fingerprint density at radius 2 is 1.94 bits per heavy atom. The van der Waals surface area contributed by atoms with E-state index in [9.17, 15) is 4.39 Å². The van der Waals surface area contributed by atoms with Gasteiger partial charge in [0, 0.05) is 6.07 Å². The average molecular weight is 269 g/mol. The molecular formula is C10H10ClFN6. The average Bonchev–Trinajstić information content (AvgIpc) is 2.33. The molecule has 0 aliphatic carbocycles. The molecule has 0 aliphatic rings. The molecule has 1 heterocycles. The molecule has 0 unspecified atom stereocenters. The number of para-hydroxylation sites is 1. The first-order valence-electron chi connectivity index (χ1n) is 4.92. The van der Waals surface area contributed by atoms with Crippen molar-refractivity contribution in [2.24, 2.45) is 5.84 Å². The van der Waals surface area contributed by atoms with Crippen LogP contribution in [0.15, 0.2) is 24.3 Å². The SMILES string of the molecule is NNc1cc(Nc2c(F)cccc2Cl)nc(N)n1. The van der Waals surface area contributed by atoms with Crippen LogP contribution in [0.5, 0.6) is 0 Å². The van der Waals surface area contributed by atoms with Gasteiger partial charge in [0.2, 0.25) is 5.95 Å². The number of nitrogens with zero attached hydrogens (tertiary/aromatic N) is 2. The smallest absolute Gasteiger partial charge is 0.223 e. The number of hydrazine groups is 1. The summed E-state index contributed by atoms with van der Waals surface area (Å²) >= 11 is 5.88. The summed E-state index contributed by atoms with van der Waals surface area (Å²) in [6.45, 7) is 0. The zero-order chi connectivity index (χ0) is 13.1. The van der Waals surface area contributed by atoms with E-state index in [1.807, 2.05) is 0 Å². The van der Waals surface area contributed by atoms with Crippen molar-refractivity contribution in [3.63, 3.8) is 0 Å². The molecule has 0 saturated carbocycles. The Kier molecular flexibility index (Phi) is 3.45. The molecule has 0 radical (unpaired) electrons. The summed E-state index contributed by atoms with van der Waals surface area (Å²) in [5.74, 6) is 5.30. The largest absolute Gasteiger partial charge is 0.368 e. The minimum Gasteiger partial charge on any atom is -0.368 e. The summed E-state index contributed by atoms with van der Waals surface area (Å²) in [5, 5.41) is 2.95. The lowest BCUT2D eigenvalue weighted by Crippen LogP contribution is -2.11. The summed E-state index contributed by atoms with van der Waals surface area (Å²) in [6.07, 6.45) is 0. The Labute approximate surface area is 107 Å². The van der Waals surface area contributed by atoms with E-state index in [4.69, 9.17) is 23.2 Å². The number of aromatic nitrogens is 2. The summed E-state index contributed by atoms with van der Waals surface area (Å²) in [4.78, 5) is 7.70. The van der Waals surface area contributed by atoms with E-state index < -0.39 is 5.82 Å². The van der Waals surface area contributed by atoms with Crippen LogP contribution in [0.2, 0.25) is 5.02 Å². The molecule has 0 fully saturated rings.